The zero-order valence-corrected chi connectivity index (χ0v) is 9.49. The van der Waals surface area contributed by atoms with Crippen molar-refractivity contribution in [3.63, 3.8) is 0 Å². The number of hydrogen-bond donors (Lipinski definition) is 2. The quantitative estimate of drug-likeness (QED) is 0.593. The molecule has 1 rings (SSSR count). The highest BCUT2D eigenvalue weighted by Crippen LogP contribution is 1.98. The molecule has 16 heavy (non-hydrogen) atoms. The van der Waals surface area contributed by atoms with Gasteiger partial charge in [0.1, 0.15) is 11.5 Å². The van der Waals surface area contributed by atoms with Gasteiger partial charge in [-0.1, -0.05) is 0 Å². The fraction of sp³-hybridized carbons (Fsp3) is 0.750. The van der Waals surface area contributed by atoms with Crippen molar-refractivity contribution in [3.8, 4) is 0 Å². The van der Waals surface area contributed by atoms with Crippen LogP contribution >= 0.6 is 0 Å². The Morgan fingerprint density at radius 1 is 1.19 bits per heavy atom. The summed E-state index contributed by atoms with van der Waals surface area (Å²) in [4.78, 5) is 23.2. The average molecular weight is 250 g/mol. The number of carboxylic acid groups (broad SMARTS) is 1. The van der Waals surface area contributed by atoms with Gasteiger partial charge in [-0.25, -0.2) is 8.42 Å². The zero-order valence-electron chi connectivity index (χ0n) is 8.68. The Morgan fingerprint density at radius 2 is 1.75 bits per heavy atom. The average Bonchev–Trinajstić information content (AvgIpc) is 2.16. The van der Waals surface area contributed by atoms with E-state index >= 15 is 0 Å². The highest BCUT2D eigenvalue weighted by atomic mass is 32.2. The summed E-state index contributed by atoms with van der Waals surface area (Å²) < 4.78 is 22.5. The molecule has 0 atom stereocenters. The van der Waals surface area contributed by atoms with Gasteiger partial charge in [-0.3, -0.25) is 9.59 Å². The van der Waals surface area contributed by atoms with E-state index < -0.39 is 33.2 Å². The normalized spacial score (nSPS) is 17.1. The standard InChI is InChI=1S/C8H14N2O5S/c11-7(10-3-1-9-2-4-10)5-16(14,15)6-8(12)13/h9H,1-6H2,(H,12,13). The lowest BCUT2D eigenvalue weighted by atomic mass is 10.3. The molecule has 0 aromatic heterocycles. The van der Waals surface area contributed by atoms with Crippen LogP contribution in [0.3, 0.4) is 0 Å². The van der Waals surface area contributed by atoms with Crippen LogP contribution in [-0.2, 0) is 19.4 Å². The highest BCUT2D eigenvalue weighted by molar-refractivity contribution is 7.92. The number of nitrogens with zero attached hydrogens (tertiary/aromatic N) is 1. The molecule has 0 aromatic carbocycles. The highest BCUT2D eigenvalue weighted by Gasteiger charge is 2.24. The summed E-state index contributed by atoms with van der Waals surface area (Å²) in [6.45, 7) is 2.18. The van der Waals surface area contributed by atoms with Crippen molar-refractivity contribution in [1.29, 1.82) is 0 Å². The summed E-state index contributed by atoms with van der Waals surface area (Å²) in [5, 5.41) is 11.4. The van der Waals surface area contributed by atoms with E-state index in [1.165, 1.54) is 4.90 Å². The number of nitrogens with one attached hydrogen (secondary N) is 1. The zero-order chi connectivity index (χ0) is 12.2. The van der Waals surface area contributed by atoms with Gasteiger partial charge >= 0.3 is 5.97 Å². The van der Waals surface area contributed by atoms with E-state index in [-0.39, 0.29) is 0 Å². The molecule has 0 radical (unpaired) electrons. The summed E-state index contributed by atoms with van der Waals surface area (Å²) in [6, 6.07) is 0. The van der Waals surface area contributed by atoms with Crippen LogP contribution in [-0.4, -0.2) is 68.0 Å². The molecule has 1 saturated heterocycles. The van der Waals surface area contributed by atoms with Crippen molar-refractivity contribution in [2.75, 3.05) is 37.7 Å². The second kappa shape index (κ2) is 5.26. The molecular formula is C8H14N2O5S. The van der Waals surface area contributed by atoms with Crippen molar-refractivity contribution in [3.05, 3.63) is 0 Å². The Labute approximate surface area is 93.3 Å². The fourth-order valence-corrected chi connectivity index (χ4v) is 2.47. The van der Waals surface area contributed by atoms with Crippen molar-refractivity contribution < 1.29 is 23.1 Å². The molecule has 0 saturated carbocycles. The monoisotopic (exact) mass is 250 g/mol. The van der Waals surface area contributed by atoms with Gasteiger partial charge in [0, 0.05) is 26.2 Å². The summed E-state index contributed by atoms with van der Waals surface area (Å²) in [5.41, 5.74) is 0. The largest absolute Gasteiger partial charge is 0.480 e. The van der Waals surface area contributed by atoms with Gasteiger partial charge in [-0.15, -0.1) is 0 Å². The maximum absolute atomic E-state index is 11.5. The molecule has 0 bridgehead atoms. The third-order valence-electron chi connectivity index (χ3n) is 2.16. The number of amides is 1. The minimum atomic E-state index is -3.84. The summed E-state index contributed by atoms with van der Waals surface area (Å²) in [7, 11) is -3.84. The lowest BCUT2D eigenvalue weighted by Gasteiger charge is -2.27. The Hall–Kier alpha value is -1.15. The molecule has 1 amide bonds. The molecule has 1 heterocycles. The lowest BCUT2D eigenvalue weighted by molar-refractivity contribution is -0.134. The Kier molecular flexibility index (Phi) is 4.25. The Bertz CT molecular complexity index is 372. The van der Waals surface area contributed by atoms with E-state index in [0.29, 0.717) is 26.2 Å². The third-order valence-corrected chi connectivity index (χ3v) is 3.53. The molecule has 1 aliphatic rings. The van der Waals surface area contributed by atoms with Crippen LogP contribution in [0.4, 0.5) is 0 Å². The van der Waals surface area contributed by atoms with Crippen LogP contribution in [0, 0.1) is 0 Å². The predicted octanol–water partition coefficient (Wildman–Crippen LogP) is -2.08. The molecule has 1 fully saturated rings. The minimum absolute atomic E-state index is 0.460. The maximum atomic E-state index is 11.5. The Balaban J connectivity index is 2.52. The van der Waals surface area contributed by atoms with Crippen molar-refractivity contribution in [1.82, 2.24) is 10.2 Å². The molecule has 0 unspecified atom stereocenters. The molecule has 92 valence electrons. The van der Waals surface area contributed by atoms with E-state index in [0.717, 1.165) is 0 Å². The first kappa shape index (κ1) is 12.9. The number of carboxylic acids is 1. The summed E-state index contributed by atoms with van der Waals surface area (Å²) in [5.74, 6) is -3.68. The van der Waals surface area contributed by atoms with Gasteiger partial charge in [0.15, 0.2) is 9.84 Å². The molecule has 0 aliphatic carbocycles. The summed E-state index contributed by atoms with van der Waals surface area (Å²) in [6.07, 6.45) is 0. The summed E-state index contributed by atoms with van der Waals surface area (Å²) >= 11 is 0. The fourth-order valence-electron chi connectivity index (χ4n) is 1.43. The molecule has 8 heteroatoms. The van der Waals surface area contributed by atoms with Gasteiger partial charge < -0.3 is 15.3 Å². The predicted molar refractivity (Wildman–Crippen MR) is 55.7 cm³/mol. The van der Waals surface area contributed by atoms with Crippen molar-refractivity contribution in [2.24, 2.45) is 0 Å². The molecule has 1 aliphatic heterocycles. The van der Waals surface area contributed by atoms with Gasteiger partial charge in [-0.2, -0.15) is 0 Å². The van der Waals surface area contributed by atoms with Gasteiger partial charge in [0.05, 0.1) is 0 Å². The first-order valence-corrected chi connectivity index (χ1v) is 6.63. The maximum Gasteiger partial charge on any atom is 0.318 e. The minimum Gasteiger partial charge on any atom is -0.480 e. The number of rotatable bonds is 4. The smallest absolute Gasteiger partial charge is 0.318 e. The van der Waals surface area contributed by atoms with Crippen molar-refractivity contribution in [2.45, 2.75) is 0 Å². The number of sulfone groups is 1. The molecule has 0 spiro atoms. The first-order valence-electron chi connectivity index (χ1n) is 4.81. The van der Waals surface area contributed by atoms with E-state index in [1.807, 2.05) is 0 Å². The van der Waals surface area contributed by atoms with E-state index in [2.05, 4.69) is 5.32 Å². The number of aliphatic carboxylic acids is 1. The van der Waals surface area contributed by atoms with Gasteiger partial charge in [0.25, 0.3) is 0 Å². The van der Waals surface area contributed by atoms with E-state index in [1.54, 1.807) is 0 Å². The van der Waals surface area contributed by atoms with Crippen LogP contribution in [0.2, 0.25) is 0 Å². The lowest BCUT2D eigenvalue weighted by Crippen LogP contribution is -2.48. The molecule has 7 nitrogen and oxygen atoms in total. The third kappa shape index (κ3) is 4.15. The number of piperazine rings is 1. The van der Waals surface area contributed by atoms with Crippen LogP contribution < -0.4 is 5.32 Å². The van der Waals surface area contributed by atoms with Crippen molar-refractivity contribution >= 4 is 21.7 Å². The topological polar surface area (TPSA) is 104 Å². The van der Waals surface area contributed by atoms with Gasteiger partial charge in [-0.05, 0) is 0 Å². The van der Waals surface area contributed by atoms with Crippen LogP contribution in [0.1, 0.15) is 0 Å². The van der Waals surface area contributed by atoms with E-state index in [9.17, 15) is 18.0 Å². The number of carbonyl (C=O) groups excluding carboxylic acids is 1. The second-order valence-corrected chi connectivity index (χ2v) is 5.62. The second-order valence-electron chi connectivity index (χ2n) is 3.56. The Morgan fingerprint density at radius 3 is 2.25 bits per heavy atom. The van der Waals surface area contributed by atoms with E-state index in [4.69, 9.17) is 5.11 Å². The molecular weight excluding hydrogens is 236 g/mol. The van der Waals surface area contributed by atoms with Crippen LogP contribution in [0.15, 0.2) is 0 Å². The van der Waals surface area contributed by atoms with Crippen LogP contribution in [0.5, 0.6) is 0 Å². The number of carbonyl (C=O) groups is 2. The SMILES string of the molecule is O=C(O)CS(=O)(=O)CC(=O)N1CCNCC1. The van der Waals surface area contributed by atoms with Crippen LogP contribution in [0.25, 0.3) is 0 Å². The molecule has 2 N–H and O–H groups in total. The number of hydrogen-bond acceptors (Lipinski definition) is 5. The first-order chi connectivity index (χ1) is 7.41. The molecule has 0 aromatic rings. The van der Waals surface area contributed by atoms with Gasteiger partial charge in [0.2, 0.25) is 5.91 Å².